The molecule has 1 aliphatic heterocycles. The maximum atomic E-state index is 12.8. The third kappa shape index (κ3) is 6.48. The molecular weight excluding hydrogens is 481 g/mol. The van der Waals surface area contributed by atoms with Crippen molar-refractivity contribution in [3.05, 3.63) is 57.1 Å². The van der Waals surface area contributed by atoms with Crippen LogP contribution in [0.5, 0.6) is 0 Å². The quantitative estimate of drug-likeness (QED) is 0.579. The molecule has 0 bridgehead atoms. The Hall–Kier alpha value is -3.12. The Kier molecular flexibility index (Phi) is 8.15. The first-order valence-electron chi connectivity index (χ1n) is 10.2. The molecule has 184 valence electrons. The zero-order chi connectivity index (χ0) is 24.9. The number of carbonyl (C=O) groups is 2. The molecular formula is C21H22ClF3N4O5. The second-order valence-corrected chi connectivity index (χ2v) is 7.85. The number of morpholine rings is 1. The summed E-state index contributed by atoms with van der Waals surface area (Å²) in [7, 11) is 0. The zero-order valence-corrected chi connectivity index (χ0v) is 18.9. The van der Waals surface area contributed by atoms with Gasteiger partial charge in [0, 0.05) is 19.6 Å². The van der Waals surface area contributed by atoms with Crippen LogP contribution in [0.1, 0.15) is 11.3 Å². The Balaban J connectivity index is 1.65. The number of aromatic nitrogens is 2. The highest BCUT2D eigenvalue weighted by molar-refractivity contribution is 6.30. The Morgan fingerprint density at radius 2 is 2.00 bits per heavy atom. The van der Waals surface area contributed by atoms with E-state index in [-0.39, 0.29) is 49.5 Å². The van der Waals surface area contributed by atoms with Crippen LogP contribution in [0.2, 0.25) is 5.15 Å². The predicted molar refractivity (Wildman–Crippen MR) is 115 cm³/mol. The molecule has 13 heteroatoms. The van der Waals surface area contributed by atoms with Crippen LogP contribution >= 0.6 is 11.6 Å². The minimum Gasteiger partial charge on any atom is -0.459 e. The topological polar surface area (TPSA) is 103 Å². The van der Waals surface area contributed by atoms with Crippen molar-refractivity contribution in [1.82, 2.24) is 14.5 Å². The summed E-state index contributed by atoms with van der Waals surface area (Å²) in [5, 5.41) is 2.65. The molecule has 0 saturated carbocycles. The summed E-state index contributed by atoms with van der Waals surface area (Å²) in [5.41, 5.74) is 0.350. The minimum absolute atomic E-state index is 0.0313. The number of nitrogens with zero attached hydrogens (tertiary/aromatic N) is 3. The van der Waals surface area contributed by atoms with E-state index in [0.717, 1.165) is 10.1 Å². The van der Waals surface area contributed by atoms with Crippen molar-refractivity contribution >= 4 is 29.3 Å². The van der Waals surface area contributed by atoms with Crippen LogP contribution in [-0.2, 0) is 32.2 Å². The smallest absolute Gasteiger partial charge is 0.459 e. The number of halogens is 4. The van der Waals surface area contributed by atoms with E-state index in [1.54, 1.807) is 24.3 Å². The van der Waals surface area contributed by atoms with Gasteiger partial charge in [0.2, 0.25) is 0 Å². The van der Waals surface area contributed by atoms with Gasteiger partial charge in [-0.1, -0.05) is 41.9 Å². The minimum atomic E-state index is -4.98. The van der Waals surface area contributed by atoms with Crippen LogP contribution in [0, 0.1) is 6.92 Å². The molecule has 1 saturated heterocycles. The van der Waals surface area contributed by atoms with E-state index in [2.05, 4.69) is 10.3 Å². The summed E-state index contributed by atoms with van der Waals surface area (Å²) in [6.45, 7) is 0.420. The normalized spacial score (nSPS) is 16.3. The average Bonchev–Trinajstić information content (AvgIpc) is 2.81. The molecule has 0 spiro atoms. The molecule has 2 aromatic rings. The monoisotopic (exact) mass is 502 g/mol. The van der Waals surface area contributed by atoms with E-state index < -0.39 is 36.3 Å². The summed E-state index contributed by atoms with van der Waals surface area (Å²) in [4.78, 5) is 41.2. The highest BCUT2D eigenvalue weighted by Crippen LogP contribution is 2.20. The molecule has 0 radical (unpaired) electrons. The summed E-state index contributed by atoms with van der Waals surface area (Å²) in [5.74, 6) is -2.83. The molecule has 1 fully saturated rings. The Morgan fingerprint density at radius 3 is 2.68 bits per heavy atom. The van der Waals surface area contributed by atoms with Gasteiger partial charge in [0.25, 0.3) is 5.56 Å². The largest absolute Gasteiger partial charge is 0.471 e. The lowest BCUT2D eigenvalue weighted by Gasteiger charge is -2.33. The van der Waals surface area contributed by atoms with Crippen molar-refractivity contribution in [2.45, 2.75) is 32.4 Å². The highest BCUT2D eigenvalue weighted by atomic mass is 35.5. The van der Waals surface area contributed by atoms with Gasteiger partial charge in [0.15, 0.2) is 11.0 Å². The van der Waals surface area contributed by atoms with Gasteiger partial charge >= 0.3 is 18.1 Å². The molecule has 1 aromatic heterocycles. The zero-order valence-electron chi connectivity index (χ0n) is 18.1. The number of amides is 1. The van der Waals surface area contributed by atoms with Gasteiger partial charge in [-0.15, -0.1) is 0 Å². The fourth-order valence-electron chi connectivity index (χ4n) is 3.25. The number of rotatable bonds is 7. The first-order valence-corrected chi connectivity index (χ1v) is 10.6. The first-order chi connectivity index (χ1) is 16.1. The number of carbonyl (C=O) groups excluding carboxylic acids is 2. The molecule has 9 nitrogen and oxygen atoms in total. The molecule has 2 heterocycles. The second-order valence-electron chi connectivity index (χ2n) is 7.50. The van der Waals surface area contributed by atoms with E-state index >= 15 is 0 Å². The van der Waals surface area contributed by atoms with Gasteiger partial charge in [-0.25, -0.2) is 4.98 Å². The number of esters is 1. The number of hydrogen-bond acceptors (Lipinski definition) is 7. The van der Waals surface area contributed by atoms with E-state index in [1.807, 2.05) is 6.07 Å². The maximum Gasteiger partial charge on any atom is 0.471 e. The van der Waals surface area contributed by atoms with Crippen molar-refractivity contribution < 1.29 is 32.2 Å². The predicted octanol–water partition coefficient (Wildman–Crippen LogP) is 2.15. The highest BCUT2D eigenvalue weighted by Gasteiger charge is 2.43. The Bertz CT molecular complexity index is 1090. The summed E-state index contributed by atoms with van der Waals surface area (Å²) in [6, 6.07) is 8.99. The molecule has 0 aliphatic carbocycles. The fourth-order valence-corrected chi connectivity index (χ4v) is 3.44. The standard InChI is InChI=1S/C21H22ClF3N4O5/c1-13-17(22)27-18(26-9-15-10-28(7-8-33-15)20(32)21(23,24)25)19(31)29(13)11-16(30)34-12-14-5-3-2-4-6-14/h2-6,15H,7-12H2,1H3,(H,26,27). The number of hydrogen-bond donors (Lipinski definition) is 1. The number of alkyl halides is 3. The van der Waals surface area contributed by atoms with E-state index in [4.69, 9.17) is 21.1 Å². The molecule has 3 rings (SSSR count). The van der Waals surface area contributed by atoms with Crippen LogP contribution < -0.4 is 10.9 Å². The number of nitrogens with one attached hydrogen (secondary N) is 1. The number of benzene rings is 1. The lowest BCUT2D eigenvalue weighted by atomic mass is 10.2. The summed E-state index contributed by atoms with van der Waals surface area (Å²) < 4.78 is 49.8. The van der Waals surface area contributed by atoms with E-state index in [1.165, 1.54) is 6.92 Å². The second kappa shape index (κ2) is 10.9. The Labute approximate surface area is 197 Å². The Morgan fingerprint density at radius 1 is 1.29 bits per heavy atom. The van der Waals surface area contributed by atoms with Crippen molar-refractivity contribution in [2.24, 2.45) is 0 Å². The SMILES string of the molecule is Cc1c(Cl)nc(NCC2CN(C(=O)C(F)(F)F)CCO2)c(=O)n1CC(=O)OCc1ccccc1. The molecule has 1 N–H and O–H groups in total. The molecule has 1 aromatic carbocycles. The van der Waals surface area contributed by atoms with Crippen LogP contribution in [0.4, 0.5) is 19.0 Å². The molecule has 34 heavy (non-hydrogen) atoms. The van der Waals surface area contributed by atoms with Gasteiger partial charge in [0.05, 0.1) is 18.4 Å². The van der Waals surface area contributed by atoms with Gasteiger partial charge in [-0.2, -0.15) is 13.2 Å². The maximum absolute atomic E-state index is 12.8. The van der Waals surface area contributed by atoms with E-state index in [0.29, 0.717) is 4.90 Å². The number of ether oxygens (including phenoxy) is 2. The fraction of sp³-hybridized carbons (Fsp3) is 0.429. The third-order valence-corrected chi connectivity index (χ3v) is 5.41. The molecule has 1 aliphatic rings. The lowest BCUT2D eigenvalue weighted by molar-refractivity contribution is -0.190. The van der Waals surface area contributed by atoms with Crippen molar-refractivity contribution in [2.75, 3.05) is 31.6 Å². The third-order valence-electron chi connectivity index (χ3n) is 5.06. The van der Waals surface area contributed by atoms with E-state index in [9.17, 15) is 27.6 Å². The lowest BCUT2D eigenvalue weighted by Crippen LogP contribution is -2.52. The van der Waals surface area contributed by atoms with Gasteiger partial charge in [0.1, 0.15) is 13.2 Å². The molecule has 1 unspecified atom stereocenters. The summed E-state index contributed by atoms with van der Waals surface area (Å²) in [6.07, 6.45) is -5.80. The van der Waals surface area contributed by atoms with Crippen LogP contribution in [0.15, 0.2) is 35.1 Å². The molecule has 1 atom stereocenters. The first kappa shape index (κ1) is 25.5. The van der Waals surface area contributed by atoms with Gasteiger partial charge in [-0.3, -0.25) is 19.0 Å². The average molecular weight is 503 g/mol. The molecule has 1 amide bonds. The van der Waals surface area contributed by atoms with Gasteiger partial charge in [-0.05, 0) is 12.5 Å². The van der Waals surface area contributed by atoms with Crippen LogP contribution in [0.3, 0.4) is 0 Å². The number of anilines is 1. The summed E-state index contributed by atoms with van der Waals surface area (Å²) >= 11 is 6.11. The van der Waals surface area contributed by atoms with Crippen molar-refractivity contribution in [3.8, 4) is 0 Å². The van der Waals surface area contributed by atoms with Gasteiger partial charge < -0.3 is 19.7 Å². The van der Waals surface area contributed by atoms with Crippen LogP contribution in [0.25, 0.3) is 0 Å². The van der Waals surface area contributed by atoms with Crippen molar-refractivity contribution in [3.63, 3.8) is 0 Å². The van der Waals surface area contributed by atoms with Crippen molar-refractivity contribution in [1.29, 1.82) is 0 Å². The van der Waals surface area contributed by atoms with Crippen LogP contribution in [-0.4, -0.2) is 64.8 Å².